The van der Waals surface area contributed by atoms with E-state index in [2.05, 4.69) is 15.5 Å². The number of hydrogen-bond donors (Lipinski definition) is 1. The predicted octanol–water partition coefficient (Wildman–Crippen LogP) is 1.78. The third-order valence-corrected chi connectivity index (χ3v) is 2.47. The van der Waals surface area contributed by atoms with E-state index in [-0.39, 0.29) is 12.1 Å². The lowest BCUT2D eigenvalue weighted by molar-refractivity contribution is -0.144. The van der Waals surface area contributed by atoms with Crippen molar-refractivity contribution in [3.8, 4) is 0 Å². The van der Waals surface area contributed by atoms with Gasteiger partial charge in [-0.3, -0.25) is 9.36 Å². The van der Waals surface area contributed by atoms with Crippen molar-refractivity contribution in [2.24, 2.45) is 14.1 Å². The van der Waals surface area contributed by atoms with Crippen LogP contribution in [0.3, 0.4) is 0 Å². The number of hydrogen-bond acceptors (Lipinski definition) is 3. The third kappa shape index (κ3) is 2.47. The Morgan fingerprint density at radius 3 is 2.50 bits per heavy atom. The number of anilines is 1. The average Bonchev–Trinajstić information content (AvgIpc) is 2.81. The normalized spacial score (nSPS) is 11.8. The van der Waals surface area contributed by atoms with Crippen molar-refractivity contribution in [3.63, 3.8) is 0 Å². The minimum Gasteiger partial charge on any atom is -0.378 e. The summed E-state index contributed by atoms with van der Waals surface area (Å²) in [7, 11) is 3.01. The molecule has 2 aromatic heterocycles. The van der Waals surface area contributed by atoms with Crippen LogP contribution in [0.1, 0.15) is 11.3 Å². The van der Waals surface area contributed by atoms with E-state index in [1.165, 1.54) is 13.2 Å². The van der Waals surface area contributed by atoms with Crippen LogP contribution in [0.4, 0.5) is 18.9 Å². The Balaban J connectivity index is 2.15. The molecule has 0 bridgehead atoms. The van der Waals surface area contributed by atoms with E-state index in [1.54, 1.807) is 24.1 Å². The number of nitrogens with one attached hydrogen (secondary N) is 1. The first-order valence-electron chi connectivity index (χ1n) is 5.18. The molecule has 0 aliphatic heterocycles. The van der Waals surface area contributed by atoms with Crippen LogP contribution in [0.15, 0.2) is 18.6 Å². The lowest BCUT2D eigenvalue weighted by Gasteiger charge is -2.10. The monoisotopic (exact) mass is 259 g/mol. The number of halogens is 3. The minimum atomic E-state index is -4.41. The summed E-state index contributed by atoms with van der Waals surface area (Å²) in [5.74, 6) is 0. The highest BCUT2D eigenvalue weighted by atomic mass is 19.4. The number of nitrogens with zero attached hydrogens (tertiary/aromatic N) is 4. The van der Waals surface area contributed by atoms with Crippen LogP contribution in [0.5, 0.6) is 0 Å². The molecule has 0 unspecified atom stereocenters. The summed E-state index contributed by atoms with van der Waals surface area (Å²) < 4.78 is 40.7. The van der Waals surface area contributed by atoms with Crippen molar-refractivity contribution in [2.75, 3.05) is 5.32 Å². The minimum absolute atomic E-state index is 0.0500. The second kappa shape index (κ2) is 4.35. The molecule has 1 N–H and O–H groups in total. The topological polar surface area (TPSA) is 47.7 Å². The summed E-state index contributed by atoms with van der Waals surface area (Å²) in [4.78, 5) is 0. The largest absolute Gasteiger partial charge is 0.433 e. The van der Waals surface area contributed by atoms with Crippen molar-refractivity contribution in [1.29, 1.82) is 0 Å². The summed E-state index contributed by atoms with van der Waals surface area (Å²) in [6, 6.07) is 0. The van der Waals surface area contributed by atoms with Crippen molar-refractivity contribution >= 4 is 5.69 Å². The van der Waals surface area contributed by atoms with Crippen molar-refractivity contribution in [2.45, 2.75) is 12.7 Å². The zero-order chi connectivity index (χ0) is 13.3. The summed E-state index contributed by atoms with van der Waals surface area (Å²) in [6.07, 6.45) is 0.0383. The Kier molecular flexibility index (Phi) is 3.02. The molecule has 0 aromatic carbocycles. The molecule has 0 aliphatic carbocycles. The predicted molar refractivity (Wildman–Crippen MR) is 58.7 cm³/mol. The van der Waals surface area contributed by atoms with Gasteiger partial charge in [-0.2, -0.15) is 23.4 Å². The molecule has 0 amide bonds. The van der Waals surface area contributed by atoms with Gasteiger partial charge in [-0.25, -0.2) is 0 Å². The van der Waals surface area contributed by atoms with Gasteiger partial charge in [0.1, 0.15) is 5.69 Å². The van der Waals surface area contributed by atoms with Crippen LogP contribution in [0.2, 0.25) is 0 Å². The highest BCUT2D eigenvalue weighted by Crippen LogP contribution is 2.31. The molecule has 0 radical (unpaired) electrons. The van der Waals surface area contributed by atoms with Crippen molar-refractivity contribution < 1.29 is 13.2 Å². The Morgan fingerprint density at radius 1 is 1.22 bits per heavy atom. The van der Waals surface area contributed by atoms with Gasteiger partial charge in [0, 0.05) is 32.4 Å². The van der Waals surface area contributed by atoms with Crippen LogP contribution < -0.4 is 5.32 Å². The van der Waals surface area contributed by atoms with E-state index >= 15 is 0 Å². The zero-order valence-electron chi connectivity index (χ0n) is 9.86. The third-order valence-electron chi connectivity index (χ3n) is 2.47. The lowest BCUT2D eigenvalue weighted by atomic mass is 10.2. The van der Waals surface area contributed by atoms with Gasteiger partial charge in [-0.05, 0) is 0 Å². The standard InChI is InChI=1S/C10H12F3N5/c1-17-6-8(5-15-17)14-3-7-4-16-18(2)9(7)10(11,12)13/h4-6,14H,3H2,1-2H3. The van der Waals surface area contributed by atoms with E-state index in [1.807, 2.05) is 0 Å². The summed E-state index contributed by atoms with van der Waals surface area (Å²) in [6.45, 7) is 0.0500. The smallest absolute Gasteiger partial charge is 0.378 e. The highest BCUT2D eigenvalue weighted by molar-refractivity contribution is 5.39. The molecule has 8 heteroatoms. The Bertz CT molecular complexity index is 540. The Morgan fingerprint density at radius 2 is 1.94 bits per heavy atom. The Labute approximate surface area is 101 Å². The van der Waals surface area contributed by atoms with Gasteiger partial charge in [0.2, 0.25) is 0 Å². The van der Waals surface area contributed by atoms with E-state index < -0.39 is 11.9 Å². The number of aryl methyl sites for hydroxylation is 2. The molecule has 2 rings (SSSR count). The molecule has 5 nitrogen and oxygen atoms in total. The number of rotatable bonds is 3. The first-order chi connectivity index (χ1) is 8.38. The van der Waals surface area contributed by atoms with Gasteiger partial charge in [0.15, 0.2) is 0 Å². The van der Waals surface area contributed by atoms with Gasteiger partial charge < -0.3 is 5.32 Å². The summed E-state index contributed by atoms with van der Waals surface area (Å²) in [5.41, 5.74) is 0.0298. The molecule has 0 saturated heterocycles. The molecule has 98 valence electrons. The lowest BCUT2D eigenvalue weighted by Crippen LogP contribution is -2.15. The van der Waals surface area contributed by atoms with Gasteiger partial charge >= 0.3 is 6.18 Å². The van der Waals surface area contributed by atoms with Crippen LogP contribution in [-0.4, -0.2) is 19.6 Å². The molecule has 0 fully saturated rings. The van der Waals surface area contributed by atoms with Crippen LogP contribution in [-0.2, 0) is 26.8 Å². The maximum atomic E-state index is 12.8. The first kappa shape index (κ1) is 12.5. The Hall–Kier alpha value is -1.99. The van der Waals surface area contributed by atoms with Crippen LogP contribution in [0.25, 0.3) is 0 Å². The molecule has 2 aromatic rings. The fourth-order valence-corrected chi connectivity index (χ4v) is 1.69. The maximum absolute atomic E-state index is 12.8. The molecule has 0 aliphatic rings. The van der Waals surface area contributed by atoms with Gasteiger partial charge in [-0.1, -0.05) is 0 Å². The molecular formula is C10H12F3N5. The van der Waals surface area contributed by atoms with Gasteiger partial charge in [-0.15, -0.1) is 0 Å². The van der Waals surface area contributed by atoms with Gasteiger partial charge in [0.25, 0.3) is 0 Å². The van der Waals surface area contributed by atoms with Crippen molar-refractivity contribution in [1.82, 2.24) is 19.6 Å². The number of alkyl halides is 3. The quantitative estimate of drug-likeness (QED) is 0.914. The molecule has 0 spiro atoms. The van der Waals surface area contributed by atoms with Crippen molar-refractivity contribution in [3.05, 3.63) is 29.8 Å². The van der Waals surface area contributed by atoms with Crippen LogP contribution >= 0.6 is 0 Å². The van der Waals surface area contributed by atoms with E-state index in [4.69, 9.17) is 0 Å². The zero-order valence-corrected chi connectivity index (χ0v) is 9.86. The second-order valence-electron chi connectivity index (χ2n) is 3.90. The fraction of sp³-hybridized carbons (Fsp3) is 0.400. The maximum Gasteiger partial charge on any atom is 0.433 e. The first-order valence-corrected chi connectivity index (χ1v) is 5.18. The average molecular weight is 259 g/mol. The molecule has 0 saturated carbocycles. The second-order valence-corrected chi connectivity index (χ2v) is 3.90. The van der Waals surface area contributed by atoms with E-state index in [0.717, 1.165) is 4.68 Å². The highest BCUT2D eigenvalue weighted by Gasteiger charge is 2.37. The molecule has 2 heterocycles. The van der Waals surface area contributed by atoms with E-state index in [0.29, 0.717) is 5.69 Å². The SMILES string of the molecule is Cn1cc(NCc2cnn(C)c2C(F)(F)F)cn1. The molecule has 0 atom stereocenters. The molecular weight excluding hydrogens is 247 g/mol. The summed E-state index contributed by atoms with van der Waals surface area (Å²) in [5, 5.41) is 10.4. The van der Waals surface area contributed by atoms with Crippen LogP contribution in [0, 0.1) is 0 Å². The van der Waals surface area contributed by atoms with Gasteiger partial charge in [0.05, 0.1) is 18.1 Å². The molecule has 18 heavy (non-hydrogen) atoms. The summed E-state index contributed by atoms with van der Waals surface area (Å²) >= 11 is 0. The number of aromatic nitrogens is 4. The van der Waals surface area contributed by atoms with E-state index in [9.17, 15) is 13.2 Å². The fourth-order valence-electron chi connectivity index (χ4n) is 1.69.